The third kappa shape index (κ3) is 6.38. The van der Waals surface area contributed by atoms with Crippen LogP contribution in [0.3, 0.4) is 0 Å². The molecule has 0 aliphatic carbocycles. The number of hydrogen-bond acceptors (Lipinski definition) is 4. The Morgan fingerprint density at radius 3 is 2.41 bits per heavy atom. The summed E-state index contributed by atoms with van der Waals surface area (Å²) in [6.07, 6.45) is 7.52. The smallest absolute Gasteiger partial charge is 0.252 e. The van der Waals surface area contributed by atoms with Crippen molar-refractivity contribution in [2.45, 2.75) is 32.1 Å². The largest absolute Gasteiger partial charge is 0.357 e. The monoisotopic (exact) mass is 348 g/mol. The zero-order valence-electron chi connectivity index (χ0n) is 12.8. The van der Waals surface area contributed by atoms with E-state index in [9.17, 15) is 4.79 Å². The van der Waals surface area contributed by atoms with Gasteiger partial charge in [-0.2, -0.15) is 0 Å². The number of nitrogens with one attached hydrogen (secondary N) is 1. The Morgan fingerprint density at radius 2 is 1.86 bits per heavy atom. The number of aromatic nitrogens is 1. The van der Waals surface area contributed by atoms with Crippen molar-refractivity contribution in [3.63, 3.8) is 0 Å². The fourth-order valence-corrected chi connectivity index (χ4v) is 2.41. The third-order valence-electron chi connectivity index (χ3n) is 3.61. The van der Waals surface area contributed by atoms with Gasteiger partial charge in [-0.25, -0.2) is 4.98 Å². The maximum atomic E-state index is 11.9. The molecule has 1 aliphatic rings. The highest BCUT2D eigenvalue weighted by Gasteiger charge is 2.12. The number of nitrogens with two attached hydrogens (primary N) is 1. The molecule has 1 aromatic heterocycles. The first-order valence-corrected chi connectivity index (χ1v) is 7.50. The molecular weight excluding hydrogens is 323 g/mol. The summed E-state index contributed by atoms with van der Waals surface area (Å²) in [6.45, 7) is 3.33. The van der Waals surface area contributed by atoms with Crippen molar-refractivity contribution in [3.05, 3.63) is 23.9 Å². The van der Waals surface area contributed by atoms with E-state index in [0.29, 0.717) is 18.7 Å². The molecule has 1 amide bonds. The summed E-state index contributed by atoms with van der Waals surface area (Å²) in [7, 11) is 0. The minimum absolute atomic E-state index is 0. The molecule has 0 saturated carbocycles. The SMILES string of the molecule is Cl.Cl.NCCCNC(=O)c1ccc(N2CCCCCC2)nc1. The van der Waals surface area contributed by atoms with E-state index in [1.807, 2.05) is 12.1 Å². The van der Waals surface area contributed by atoms with Gasteiger partial charge in [0.1, 0.15) is 5.82 Å². The molecule has 2 heterocycles. The highest BCUT2D eigenvalue weighted by atomic mass is 35.5. The molecule has 2 rings (SSSR count). The summed E-state index contributed by atoms with van der Waals surface area (Å²) >= 11 is 0. The van der Waals surface area contributed by atoms with Crippen molar-refractivity contribution in [3.8, 4) is 0 Å². The number of carbonyl (C=O) groups is 1. The van der Waals surface area contributed by atoms with Gasteiger partial charge in [-0.15, -0.1) is 24.8 Å². The average molecular weight is 349 g/mol. The van der Waals surface area contributed by atoms with E-state index in [-0.39, 0.29) is 30.7 Å². The van der Waals surface area contributed by atoms with Gasteiger partial charge >= 0.3 is 0 Å². The molecule has 0 unspecified atom stereocenters. The molecule has 1 saturated heterocycles. The lowest BCUT2D eigenvalue weighted by Crippen LogP contribution is -2.27. The minimum Gasteiger partial charge on any atom is -0.357 e. The number of amides is 1. The maximum Gasteiger partial charge on any atom is 0.252 e. The molecule has 1 aliphatic heterocycles. The van der Waals surface area contributed by atoms with E-state index in [4.69, 9.17) is 5.73 Å². The molecule has 126 valence electrons. The van der Waals surface area contributed by atoms with Crippen molar-refractivity contribution in [2.24, 2.45) is 5.73 Å². The molecule has 0 radical (unpaired) electrons. The van der Waals surface area contributed by atoms with Crippen LogP contribution in [0.4, 0.5) is 5.82 Å². The topological polar surface area (TPSA) is 71.2 Å². The van der Waals surface area contributed by atoms with Gasteiger partial charge in [0.15, 0.2) is 0 Å². The molecule has 5 nitrogen and oxygen atoms in total. The zero-order valence-corrected chi connectivity index (χ0v) is 14.4. The van der Waals surface area contributed by atoms with Crippen LogP contribution in [-0.4, -0.2) is 37.1 Å². The molecule has 1 fully saturated rings. The van der Waals surface area contributed by atoms with E-state index in [1.54, 1.807) is 6.20 Å². The molecule has 0 bridgehead atoms. The molecule has 0 atom stereocenters. The van der Waals surface area contributed by atoms with Crippen LogP contribution in [0.5, 0.6) is 0 Å². The Morgan fingerprint density at radius 1 is 1.18 bits per heavy atom. The van der Waals surface area contributed by atoms with Crippen molar-refractivity contribution in [1.82, 2.24) is 10.3 Å². The Hall–Kier alpha value is -1.04. The standard InChI is InChI=1S/C15H24N4O.2ClH/c16-8-5-9-17-15(20)13-6-7-14(18-12-13)19-10-3-1-2-4-11-19;;/h6-7,12H,1-5,8-11,16H2,(H,17,20);2*1H. The fourth-order valence-electron chi connectivity index (χ4n) is 2.41. The molecular formula is C15H26Cl2N4O. The van der Waals surface area contributed by atoms with Crippen molar-refractivity contribution < 1.29 is 4.79 Å². The normalized spacial score (nSPS) is 14.3. The van der Waals surface area contributed by atoms with Crippen LogP contribution in [0.1, 0.15) is 42.5 Å². The molecule has 22 heavy (non-hydrogen) atoms. The first-order chi connectivity index (χ1) is 9.81. The van der Waals surface area contributed by atoms with Crippen LogP contribution in [0.2, 0.25) is 0 Å². The Labute approximate surface area is 144 Å². The van der Waals surface area contributed by atoms with E-state index < -0.39 is 0 Å². The first-order valence-electron chi connectivity index (χ1n) is 7.50. The quantitative estimate of drug-likeness (QED) is 0.801. The third-order valence-corrected chi connectivity index (χ3v) is 3.61. The van der Waals surface area contributed by atoms with Gasteiger partial charge in [0.2, 0.25) is 0 Å². The second-order valence-corrected chi connectivity index (χ2v) is 5.20. The van der Waals surface area contributed by atoms with Crippen molar-refractivity contribution >= 4 is 36.5 Å². The van der Waals surface area contributed by atoms with Gasteiger partial charge in [-0.3, -0.25) is 4.79 Å². The van der Waals surface area contributed by atoms with Gasteiger partial charge in [-0.1, -0.05) is 12.8 Å². The van der Waals surface area contributed by atoms with Gasteiger partial charge in [0.25, 0.3) is 5.91 Å². The van der Waals surface area contributed by atoms with Crippen LogP contribution in [0.25, 0.3) is 0 Å². The van der Waals surface area contributed by atoms with Crippen molar-refractivity contribution in [1.29, 1.82) is 0 Å². The predicted octanol–water partition coefficient (Wildman–Crippen LogP) is 2.38. The van der Waals surface area contributed by atoms with E-state index in [1.165, 1.54) is 25.7 Å². The summed E-state index contributed by atoms with van der Waals surface area (Å²) < 4.78 is 0. The number of halogens is 2. The highest BCUT2D eigenvalue weighted by Crippen LogP contribution is 2.17. The van der Waals surface area contributed by atoms with Gasteiger partial charge in [0, 0.05) is 25.8 Å². The van der Waals surface area contributed by atoms with E-state index >= 15 is 0 Å². The first kappa shape index (κ1) is 21.0. The summed E-state index contributed by atoms with van der Waals surface area (Å²) in [6, 6.07) is 3.80. The number of anilines is 1. The maximum absolute atomic E-state index is 11.9. The Kier molecular flexibility index (Phi) is 11.0. The highest BCUT2D eigenvalue weighted by molar-refractivity contribution is 5.94. The summed E-state index contributed by atoms with van der Waals surface area (Å²) in [4.78, 5) is 18.6. The van der Waals surface area contributed by atoms with E-state index in [0.717, 1.165) is 25.3 Å². The molecule has 1 aromatic rings. The minimum atomic E-state index is -0.0756. The number of carbonyl (C=O) groups excluding carboxylic acids is 1. The van der Waals surface area contributed by atoms with Crippen LogP contribution < -0.4 is 16.0 Å². The van der Waals surface area contributed by atoms with Gasteiger partial charge < -0.3 is 16.0 Å². The van der Waals surface area contributed by atoms with Gasteiger partial charge in [-0.05, 0) is 37.9 Å². The number of rotatable bonds is 5. The summed E-state index contributed by atoms with van der Waals surface area (Å²) in [5, 5.41) is 2.84. The lowest BCUT2D eigenvalue weighted by Gasteiger charge is -2.21. The average Bonchev–Trinajstić information content (AvgIpc) is 2.77. The number of pyridine rings is 1. The summed E-state index contributed by atoms with van der Waals surface area (Å²) in [5.74, 6) is 0.902. The Balaban J connectivity index is 0.00000220. The summed E-state index contributed by atoms with van der Waals surface area (Å²) in [5.41, 5.74) is 6.01. The van der Waals surface area contributed by atoms with Crippen LogP contribution >= 0.6 is 24.8 Å². The Bertz CT molecular complexity index is 420. The van der Waals surface area contributed by atoms with Gasteiger partial charge in [0.05, 0.1) is 5.56 Å². The van der Waals surface area contributed by atoms with Crippen molar-refractivity contribution in [2.75, 3.05) is 31.1 Å². The second kappa shape index (κ2) is 11.5. The van der Waals surface area contributed by atoms with E-state index in [2.05, 4.69) is 15.2 Å². The molecule has 0 spiro atoms. The fraction of sp³-hybridized carbons (Fsp3) is 0.600. The van der Waals surface area contributed by atoms with Crippen LogP contribution in [-0.2, 0) is 0 Å². The second-order valence-electron chi connectivity index (χ2n) is 5.20. The predicted molar refractivity (Wildman–Crippen MR) is 95.4 cm³/mol. The lowest BCUT2D eigenvalue weighted by molar-refractivity contribution is 0.0953. The zero-order chi connectivity index (χ0) is 14.2. The van der Waals surface area contributed by atoms with Crippen LogP contribution in [0, 0.1) is 0 Å². The molecule has 7 heteroatoms. The molecule has 3 N–H and O–H groups in total. The lowest BCUT2D eigenvalue weighted by atomic mass is 10.2. The van der Waals surface area contributed by atoms with Crippen LogP contribution in [0.15, 0.2) is 18.3 Å². The molecule has 0 aromatic carbocycles. The number of hydrogen-bond donors (Lipinski definition) is 2. The number of nitrogens with zero attached hydrogens (tertiary/aromatic N) is 2.